The minimum Gasteiger partial charge on any atom is -0.372 e. The van der Waals surface area contributed by atoms with Crippen molar-refractivity contribution in [3.8, 4) is 0 Å². The van der Waals surface area contributed by atoms with Crippen LogP contribution in [0.25, 0.3) is 0 Å². The molecule has 2 N–H and O–H groups in total. The van der Waals surface area contributed by atoms with Gasteiger partial charge in [-0.05, 0) is 49.9 Å². The van der Waals surface area contributed by atoms with E-state index >= 15 is 0 Å². The lowest BCUT2D eigenvalue weighted by molar-refractivity contribution is 0.0426. The Bertz CT molecular complexity index is 403. The summed E-state index contributed by atoms with van der Waals surface area (Å²) in [6, 6.07) is 9.49. The molecule has 19 heavy (non-hydrogen) atoms. The molecule has 3 rings (SSSR count). The van der Waals surface area contributed by atoms with Gasteiger partial charge in [-0.1, -0.05) is 24.3 Å². The smallest absolute Gasteiger partial charge is 0.0952 e. The molecule has 2 aliphatic rings. The molecule has 1 aromatic rings. The first-order valence-corrected chi connectivity index (χ1v) is 7.57. The maximum absolute atomic E-state index is 5.88. The standard InChI is InChI=1S/C16H24N2O/c1-2-5-15-13(4-1)8-11-19-16(15)12-17-9-3-10-18-14-6-7-14/h1-2,4-5,14,16-18H,3,6-12H2. The molecule has 1 unspecified atom stereocenters. The summed E-state index contributed by atoms with van der Waals surface area (Å²) in [6.45, 7) is 3.99. The monoisotopic (exact) mass is 260 g/mol. The highest BCUT2D eigenvalue weighted by Gasteiger charge is 2.20. The lowest BCUT2D eigenvalue weighted by Crippen LogP contribution is -2.29. The molecular weight excluding hydrogens is 236 g/mol. The molecule has 1 saturated carbocycles. The second-order valence-corrected chi connectivity index (χ2v) is 5.59. The molecule has 0 amide bonds. The van der Waals surface area contributed by atoms with Gasteiger partial charge in [-0.25, -0.2) is 0 Å². The van der Waals surface area contributed by atoms with Crippen LogP contribution in [0.1, 0.15) is 36.5 Å². The molecule has 3 heteroatoms. The quantitative estimate of drug-likeness (QED) is 0.736. The Morgan fingerprint density at radius 2 is 2.05 bits per heavy atom. The largest absolute Gasteiger partial charge is 0.372 e. The predicted molar refractivity (Wildman–Crippen MR) is 77.4 cm³/mol. The number of hydrogen-bond acceptors (Lipinski definition) is 3. The minimum absolute atomic E-state index is 0.237. The Morgan fingerprint density at radius 1 is 1.16 bits per heavy atom. The summed E-state index contributed by atoms with van der Waals surface area (Å²) >= 11 is 0. The van der Waals surface area contributed by atoms with E-state index in [1.54, 1.807) is 0 Å². The van der Waals surface area contributed by atoms with Gasteiger partial charge in [0.05, 0.1) is 12.7 Å². The second kappa shape index (κ2) is 6.51. The molecule has 0 saturated heterocycles. The highest BCUT2D eigenvalue weighted by molar-refractivity contribution is 5.31. The maximum Gasteiger partial charge on any atom is 0.0952 e. The van der Waals surface area contributed by atoms with Gasteiger partial charge in [0.1, 0.15) is 0 Å². The van der Waals surface area contributed by atoms with Crippen LogP contribution in [0, 0.1) is 0 Å². The normalized spacial score (nSPS) is 22.2. The molecule has 1 atom stereocenters. The highest BCUT2D eigenvalue weighted by atomic mass is 16.5. The second-order valence-electron chi connectivity index (χ2n) is 5.59. The van der Waals surface area contributed by atoms with E-state index in [1.807, 2.05) is 0 Å². The van der Waals surface area contributed by atoms with Gasteiger partial charge < -0.3 is 15.4 Å². The van der Waals surface area contributed by atoms with Crippen molar-refractivity contribution in [2.45, 2.75) is 37.8 Å². The van der Waals surface area contributed by atoms with Crippen molar-refractivity contribution in [3.05, 3.63) is 35.4 Å². The number of fused-ring (bicyclic) bond motifs is 1. The molecular formula is C16H24N2O. The van der Waals surface area contributed by atoms with E-state index in [9.17, 15) is 0 Å². The maximum atomic E-state index is 5.88. The zero-order valence-corrected chi connectivity index (χ0v) is 11.5. The Morgan fingerprint density at radius 3 is 2.95 bits per heavy atom. The summed E-state index contributed by atoms with van der Waals surface area (Å²) in [6.07, 6.45) is 5.24. The van der Waals surface area contributed by atoms with Crippen LogP contribution >= 0.6 is 0 Å². The van der Waals surface area contributed by atoms with E-state index in [1.165, 1.54) is 30.4 Å². The van der Waals surface area contributed by atoms with E-state index in [0.717, 1.165) is 38.7 Å². The van der Waals surface area contributed by atoms with Crippen LogP contribution in [0.5, 0.6) is 0 Å². The number of ether oxygens (including phenoxy) is 1. The van der Waals surface area contributed by atoms with Gasteiger partial charge in [-0.3, -0.25) is 0 Å². The summed E-state index contributed by atoms with van der Waals surface area (Å²) < 4.78 is 5.88. The van der Waals surface area contributed by atoms with Crippen LogP contribution in [-0.4, -0.2) is 32.3 Å². The van der Waals surface area contributed by atoms with Gasteiger partial charge >= 0.3 is 0 Å². The van der Waals surface area contributed by atoms with Crippen LogP contribution in [0.3, 0.4) is 0 Å². The van der Waals surface area contributed by atoms with Gasteiger partial charge in [-0.2, -0.15) is 0 Å². The molecule has 0 radical (unpaired) electrons. The van der Waals surface area contributed by atoms with E-state index in [0.29, 0.717) is 0 Å². The van der Waals surface area contributed by atoms with Gasteiger partial charge in [0.15, 0.2) is 0 Å². The minimum atomic E-state index is 0.237. The van der Waals surface area contributed by atoms with Gasteiger partial charge in [0, 0.05) is 12.6 Å². The van der Waals surface area contributed by atoms with Gasteiger partial charge in [0.25, 0.3) is 0 Å². The third kappa shape index (κ3) is 3.78. The van der Waals surface area contributed by atoms with Crippen LogP contribution < -0.4 is 10.6 Å². The van der Waals surface area contributed by atoms with Crippen LogP contribution in [0.2, 0.25) is 0 Å². The summed E-state index contributed by atoms with van der Waals surface area (Å²) in [5.74, 6) is 0. The molecule has 1 fully saturated rings. The Labute approximate surface area is 115 Å². The average molecular weight is 260 g/mol. The first kappa shape index (κ1) is 13.1. The molecule has 0 bridgehead atoms. The fourth-order valence-corrected chi connectivity index (χ4v) is 2.69. The van der Waals surface area contributed by atoms with Gasteiger partial charge in [0.2, 0.25) is 0 Å². The summed E-state index contributed by atoms with van der Waals surface area (Å²) in [7, 11) is 0. The molecule has 104 valence electrons. The number of rotatable bonds is 7. The number of hydrogen-bond donors (Lipinski definition) is 2. The summed E-state index contributed by atoms with van der Waals surface area (Å²) in [5.41, 5.74) is 2.83. The SMILES string of the molecule is c1ccc2c(c1)CCOC2CNCCCNC1CC1. The fraction of sp³-hybridized carbons (Fsp3) is 0.625. The van der Waals surface area contributed by atoms with Gasteiger partial charge in [-0.15, -0.1) is 0 Å². The Kier molecular flexibility index (Phi) is 4.49. The highest BCUT2D eigenvalue weighted by Crippen LogP contribution is 2.26. The summed E-state index contributed by atoms with van der Waals surface area (Å²) in [4.78, 5) is 0. The molecule has 3 nitrogen and oxygen atoms in total. The lowest BCUT2D eigenvalue weighted by Gasteiger charge is -2.26. The van der Waals surface area contributed by atoms with E-state index in [-0.39, 0.29) is 6.10 Å². The molecule has 1 heterocycles. The Balaban J connectivity index is 1.38. The first-order valence-electron chi connectivity index (χ1n) is 7.57. The first-order chi connectivity index (χ1) is 9.43. The fourth-order valence-electron chi connectivity index (χ4n) is 2.69. The average Bonchev–Trinajstić information content (AvgIpc) is 3.27. The van der Waals surface area contributed by atoms with Crippen molar-refractivity contribution in [2.24, 2.45) is 0 Å². The van der Waals surface area contributed by atoms with E-state index < -0.39 is 0 Å². The van der Waals surface area contributed by atoms with E-state index in [4.69, 9.17) is 4.74 Å². The molecule has 0 spiro atoms. The summed E-state index contributed by atoms with van der Waals surface area (Å²) in [5, 5.41) is 7.06. The predicted octanol–water partition coefficient (Wildman–Crippen LogP) is 2.03. The zero-order chi connectivity index (χ0) is 12.9. The topological polar surface area (TPSA) is 33.3 Å². The number of benzene rings is 1. The lowest BCUT2D eigenvalue weighted by atomic mass is 9.97. The molecule has 0 aromatic heterocycles. The van der Waals surface area contributed by atoms with E-state index in [2.05, 4.69) is 34.9 Å². The van der Waals surface area contributed by atoms with Crippen molar-refractivity contribution in [2.75, 3.05) is 26.2 Å². The van der Waals surface area contributed by atoms with Crippen molar-refractivity contribution in [1.82, 2.24) is 10.6 Å². The van der Waals surface area contributed by atoms with Crippen molar-refractivity contribution in [3.63, 3.8) is 0 Å². The molecule has 1 aliphatic carbocycles. The van der Waals surface area contributed by atoms with Crippen molar-refractivity contribution in [1.29, 1.82) is 0 Å². The van der Waals surface area contributed by atoms with Crippen molar-refractivity contribution < 1.29 is 4.74 Å². The third-order valence-corrected chi connectivity index (χ3v) is 3.96. The van der Waals surface area contributed by atoms with Crippen LogP contribution in [0.15, 0.2) is 24.3 Å². The molecule has 1 aliphatic heterocycles. The zero-order valence-electron chi connectivity index (χ0n) is 11.5. The third-order valence-electron chi connectivity index (χ3n) is 3.96. The van der Waals surface area contributed by atoms with Crippen molar-refractivity contribution >= 4 is 0 Å². The Hall–Kier alpha value is -0.900. The molecule has 1 aromatic carbocycles. The number of nitrogens with one attached hydrogen (secondary N) is 2. The van der Waals surface area contributed by atoms with Crippen LogP contribution in [-0.2, 0) is 11.2 Å². The van der Waals surface area contributed by atoms with Crippen LogP contribution in [0.4, 0.5) is 0 Å².